The van der Waals surface area contributed by atoms with Crippen molar-refractivity contribution in [1.82, 2.24) is 9.66 Å². The van der Waals surface area contributed by atoms with Gasteiger partial charge in [-0.05, 0) is 102 Å². The van der Waals surface area contributed by atoms with Crippen LogP contribution in [0.5, 0.6) is 17.2 Å². The molecule has 0 aliphatic heterocycles. The van der Waals surface area contributed by atoms with Crippen LogP contribution >= 0.6 is 34.2 Å². The molecule has 0 N–H and O–H groups in total. The highest BCUT2D eigenvalue weighted by atomic mass is 127. The molecule has 7 nitrogen and oxygen atoms in total. The molecule has 0 aliphatic carbocycles. The summed E-state index contributed by atoms with van der Waals surface area (Å²) in [5.74, 6) is 2.63. The fraction of sp³-hybridized carbons (Fsp3) is 0.229. The Morgan fingerprint density at radius 2 is 1.77 bits per heavy atom. The lowest BCUT2D eigenvalue weighted by atomic mass is 9.96. The number of hydrogen-bond acceptors (Lipinski definition) is 6. The number of benzene rings is 4. The number of rotatable bonds is 10. The van der Waals surface area contributed by atoms with E-state index < -0.39 is 0 Å². The minimum Gasteiger partial charge on any atom is -0.494 e. The first-order valence-electron chi connectivity index (χ1n) is 14.3. The Kier molecular flexibility index (Phi) is 9.90. The van der Waals surface area contributed by atoms with Crippen molar-refractivity contribution in [2.45, 2.75) is 40.2 Å². The van der Waals surface area contributed by atoms with Gasteiger partial charge in [-0.25, -0.2) is 4.98 Å². The molecule has 0 saturated heterocycles. The van der Waals surface area contributed by atoms with Gasteiger partial charge >= 0.3 is 0 Å². The molecule has 1 aromatic heterocycles. The highest BCUT2D eigenvalue weighted by Gasteiger charge is 2.19. The number of methoxy groups -OCH3 is 1. The minimum atomic E-state index is -0.261. The third-order valence-electron chi connectivity index (χ3n) is 7.18. The monoisotopic (exact) mass is 721 g/mol. The van der Waals surface area contributed by atoms with Gasteiger partial charge in [0.2, 0.25) is 0 Å². The van der Waals surface area contributed by atoms with E-state index in [-0.39, 0.29) is 11.5 Å². The average Bonchev–Trinajstić information content (AvgIpc) is 3.00. The number of para-hydroxylation sites is 1. The molecule has 1 heterocycles. The van der Waals surface area contributed by atoms with Gasteiger partial charge in [-0.1, -0.05) is 55.8 Å². The fourth-order valence-electron chi connectivity index (χ4n) is 4.92. The van der Waals surface area contributed by atoms with Crippen molar-refractivity contribution in [2.75, 3.05) is 13.7 Å². The normalized spacial score (nSPS) is 11.5. The molecule has 44 heavy (non-hydrogen) atoms. The Bertz CT molecular complexity index is 1920. The molecule has 0 unspecified atom stereocenters. The van der Waals surface area contributed by atoms with Gasteiger partial charge in [0.1, 0.15) is 12.4 Å². The maximum atomic E-state index is 13.9. The van der Waals surface area contributed by atoms with Crippen LogP contribution in [0.25, 0.3) is 22.3 Å². The third-order valence-corrected chi connectivity index (χ3v) is 8.35. The molecule has 0 saturated carbocycles. The van der Waals surface area contributed by atoms with Crippen molar-refractivity contribution in [3.63, 3.8) is 0 Å². The number of nitrogens with zero attached hydrogens (tertiary/aromatic N) is 3. The molecule has 226 valence electrons. The second kappa shape index (κ2) is 13.8. The van der Waals surface area contributed by atoms with Crippen molar-refractivity contribution in [1.29, 1.82) is 0 Å². The van der Waals surface area contributed by atoms with Gasteiger partial charge in [-0.2, -0.15) is 9.78 Å². The highest BCUT2D eigenvalue weighted by molar-refractivity contribution is 14.1. The van der Waals surface area contributed by atoms with Gasteiger partial charge < -0.3 is 14.2 Å². The molecule has 0 aliphatic rings. The van der Waals surface area contributed by atoms with Crippen LogP contribution in [0.15, 0.2) is 82.7 Å². The molecule has 0 radical (unpaired) electrons. The number of fused-ring (bicyclic) bond motifs is 1. The maximum absolute atomic E-state index is 13.9. The molecule has 5 aromatic rings. The van der Waals surface area contributed by atoms with Crippen molar-refractivity contribution in [3.05, 3.63) is 114 Å². The molecule has 0 fully saturated rings. The van der Waals surface area contributed by atoms with Gasteiger partial charge in [0.25, 0.3) is 5.56 Å². The van der Waals surface area contributed by atoms with Crippen molar-refractivity contribution < 1.29 is 14.2 Å². The molecule has 0 bridgehead atoms. The van der Waals surface area contributed by atoms with Crippen LogP contribution in [0, 0.1) is 10.5 Å². The second-order valence-electron chi connectivity index (χ2n) is 10.5. The van der Waals surface area contributed by atoms with Crippen LogP contribution in [0.3, 0.4) is 0 Å². The predicted octanol–water partition coefficient (Wildman–Crippen LogP) is 8.62. The Morgan fingerprint density at radius 3 is 2.50 bits per heavy atom. The topological polar surface area (TPSA) is 74.9 Å². The van der Waals surface area contributed by atoms with E-state index in [0.29, 0.717) is 46.5 Å². The molecule has 5 rings (SSSR count). The molecule has 4 aromatic carbocycles. The summed E-state index contributed by atoms with van der Waals surface area (Å²) >= 11 is 8.53. The van der Waals surface area contributed by atoms with Gasteiger partial charge in [-0.3, -0.25) is 4.79 Å². The first kappa shape index (κ1) is 31.5. The van der Waals surface area contributed by atoms with Crippen LogP contribution in [-0.2, 0) is 6.61 Å². The van der Waals surface area contributed by atoms with E-state index in [0.717, 1.165) is 37.1 Å². The van der Waals surface area contributed by atoms with Gasteiger partial charge in [0.15, 0.2) is 17.3 Å². The molecular formula is C35H33ClIN3O4. The van der Waals surface area contributed by atoms with Gasteiger partial charge in [-0.15, -0.1) is 0 Å². The van der Waals surface area contributed by atoms with Crippen LogP contribution < -0.4 is 19.8 Å². The van der Waals surface area contributed by atoms with Gasteiger partial charge in [0.05, 0.1) is 34.4 Å². The zero-order valence-electron chi connectivity index (χ0n) is 25.2. The Labute approximate surface area is 275 Å². The molecule has 9 heteroatoms. The third kappa shape index (κ3) is 6.61. The largest absolute Gasteiger partial charge is 0.494 e. The van der Waals surface area contributed by atoms with Crippen LogP contribution in [-0.4, -0.2) is 29.6 Å². The fourth-order valence-corrected chi connectivity index (χ4v) is 5.89. The van der Waals surface area contributed by atoms with Crippen molar-refractivity contribution in [3.8, 4) is 28.6 Å². The maximum Gasteiger partial charge on any atom is 0.282 e. The van der Waals surface area contributed by atoms with E-state index >= 15 is 0 Å². The molecule has 0 atom stereocenters. The summed E-state index contributed by atoms with van der Waals surface area (Å²) in [5, 5.41) is 5.82. The van der Waals surface area contributed by atoms with Gasteiger partial charge in [0, 0.05) is 16.1 Å². The second-order valence-corrected chi connectivity index (χ2v) is 12.1. The van der Waals surface area contributed by atoms with E-state index in [2.05, 4.69) is 42.5 Å². The van der Waals surface area contributed by atoms with E-state index in [4.69, 9.17) is 35.9 Å². The summed E-state index contributed by atoms with van der Waals surface area (Å²) in [5.41, 5.74) is 4.73. The number of aromatic nitrogens is 2. The molecular weight excluding hydrogens is 689 g/mol. The van der Waals surface area contributed by atoms with Crippen LogP contribution in [0.4, 0.5) is 0 Å². The van der Waals surface area contributed by atoms with E-state index in [1.165, 1.54) is 4.68 Å². The first-order chi connectivity index (χ1) is 21.2. The lowest BCUT2D eigenvalue weighted by Crippen LogP contribution is -2.21. The number of hydrogen-bond donors (Lipinski definition) is 0. The van der Waals surface area contributed by atoms with Crippen LogP contribution in [0.1, 0.15) is 48.9 Å². The predicted molar refractivity (Wildman–Crippen MR) is 186 cm³/mol. The zero-order chi connectivity index (χ0) is 31.4. The lowest BCUT2D eigenvalue weighted by molar-refractivity contribution is 0.282. The summed E-state index contributed by atoms with van der Waals surface area (Å²) in [6.07, 6.45) is 1.64. The highest BCUT2D eigenvalue weighted by Crippen LogP contribution is 2.36. The summed E-state index contributed by atoms with van der Waals surface area (Å²) in [6.45, 7) is 9.05. The summed E-state index contributed by atoms with van der Waals surface area (Å²) in [4.78, 5) is 18.8. The SMILES string of the molecule is CCOc1cc(C)c(-c2nc3ccccc3c(=O)n2N=Cc2cc(I)c(OCc3ccccc3Cl)c(OC)c2)cc1C(C)C. The lowest BCUT2D eigenvalue weighted by Gasteiger charge is -2.18. The Hall–Kier alpha value is -3.89. The minimum absolute atomic E-state index is 0.202. The van der Waals surface area contributed by atoms with E-state index in [1.54, 1.807) is 19.4 Å². The number of ether oxygens (including phenoxy) is 3. The average molecular weight is 722 g/mol. The van der Waals surface area contributed by atoms with Crippen molar-refractivity contribution >= 4 is 51.3 Å². The quantitative estimate of drug-likeness (QED) is 0.107. The Balaban J connectivity index is 1.59. The standard InChI is InChI=1S/C35H33ClIN3O4/c1-6-43-31-15-22(4)27(18-26(31)21(2)3)34-39-30-14-10-8-12-25(30)35(41)40(34)38-19-23-16-29(37)33(32(17-23)42-5)44-20-24-11-7-9-13-28(24)36/h7-19,21H,6,20H2,1-5H3. The summed E-state index contributed by atoms with van der Waals surface area (Å²) < 4.78 is 19.9. The molecule has 0 amide bonds. The first-order valence-corrected chi connectivity index (χ1v) is 15.7. The van der Waals surface area contributed by atoms with Crippen molar-refractivity contribution in [2.24, 2.45) is 5.10 Å². The number of halogens is 2. The van der Waals surface area contributed by atoms with E-state index in [9.17, 15) is 4.79 Å². The van der Waals surface area contributed by atoms with Crippen LogP contribution in [0.2, 0.25) is 5.02 Å². The smallest absolute Gasteiger partial charge is 0.282 e. The van der Waals surface area contributed by atoms with E-state index in [1.807, 2.05) is 74.5 Å². The number of aryl methyl sites for hydroxylation is 1. The Morgan fingerprint density at radius 1 is 1.02 bits per heavy atom. The zero-order valence-corrected chi connectivity index (χ0v) is 28.1. The molecule has 0 spiro atoms. The summed E-state index contributed by atoms with van der Waals surface area (Å²) in [7, 11) is 1.59. The summed E-state index contributed by atoms with van der Waals surface area (Å²) in [6, 6.07) is 22.7.